The predicted octanol–water partition coefficient (Wildman–Crippen LogP) is 3.76. The number of ether oxygens (including phenoxy) is 2. The van der Waals surface area contributed by atoms with Crippen molar-refractivity contribution >= 4 is 46.7 Å². The number of carbonyl (C=O) groups is 3. The molecule has 34 heavy (non-hydrogen) atoms. The molecule has 1 aliphatic heterocycles. The van der Waals surface area contributed by atoms with Crippen molar-refractivity contribution in [1.82, 2.24) is 4.90 Å². The topological polar surface area (TPSA) is 76.2 Å². The Morgan fingerprint density at radius 3 is 2.15 bits per heavy atom. The van der Waals surface area contributed by atoms with Crippen molar-refractivity contribution in [2.24, 2.45) is 0 Å². The fourth-order valence-electron chi connectivity index (χ4n) is 3.88. The monoisotopic (exact) mass is 506 g/mol. The van der Waals surface area contributed by atoms with Crippen molar-refractivity contribution in [3.05, 3.63) is 65.2 Å². The van der Waals surface area contributed by atoms with Crippen molar-refractivity contribution in [1.29, 1.82) is 0 Å². The third-order valence-electron chi connectivity index (χ3n) is 5.51. The summed E-state index contributed by atoms with van der Waals surface area (Å²) in [4.78, 5) is 41.8. The summed E-state index contributed by atoms with van der Waals surface area (Å²) in [5.74, 6) is -0.678. The van der Waals surface area contributed by atoms with Gasteiger partial charge in [0.2, 0.25) is 0 Å². The molecule has 0 saturated carbocycles. The Morgan fingerprint density at radius 1 is 0.941 bits per heavy atom. The van der Waals surface area contributed by atoms with E-state index in [0.29, 0.717) is 49.2 Å². The molecule has 1 atom stereocenters. The molecule has 0 unspecified atom stereocenters. The summed E-state index contributed by atoms with van der Waals surface area (Å²) in [6.45, 7) is 4.15. The van der Waals surface area contributed by atoms with E-state index in [1.807, 2.05) is 24.3 Å². The van der Waals surface area contributed by atoms with Crippen LogP contribution in [0.1, 0.15) is 33.2 Å². The van der Waals surface area contributed by atoms with Gasteiger partial charge in [-0.3, -0.25) is 14.5 Å². The Kier molecular flexibility index (Phi) is 9.74. The first-order valence-electron chi connectivity index (χ1n) is 11.2. The molecule has 1 heterocycles. The molecule has 9 heteroatoms. The molecule has 0 saturated heterocycles. The van der Waals surface area contributed by atoms with E-state index in [-0.39, 0.29) is 13.0 Å². The number of rotatable bonds is 13. The third-order valence-corrected chi connectivity index (χ3v) is 5.83. The Balaban J connectivity index is 1.78. The van der Waals surface area contributed by atoms with E-state index in [9.17, 15) is 14.4 Å². The Morgan fingerprint density at radius 2 is 1.59 bits per heavy atom. The van der Waals surface area contributed by atoms with Gasteiger partial charge in [-0.2, -0.15) is 0 Å². The largest absolute Gasteiger partial charge is 0.464 e. The van der Waals surface area contributed by atoms with Gasteiger partial charge in [-0.15, -0.1) is 23.2 Å². The number of fused-ring (bicyclic) bond motifs is 1. The molecule has 1 aliphatic rings. The average molecular weight is 507 g/mol. The van der Waals surface area contributed by atoms with Crippen molar-refractivity contribution < 1.29 is 23.9 Å². The molecule has 0 aromatic heterocycles. The molecule has 2 aromatic carbocycles. The summed E-state index contributed by atoms with van der Waals surface area (Å²) < 4.78 is 10.7. The molecule has 3 rings (SSSR count). The molecular formula is C25H28Cl2N2O5. The normalized spacial score (nSPS) is 13.7. The van der Waals surface area contributed by atoms with Gasteiger partial charge in [0.05, 0.1) is 30.9 Å². The lowest BCUT2D eigenvalue weighted by Gasteiger charge is -2.26. The molecule has 0 spiro atoms. The van der Waals surface area contributed by atoms with Crippen LogP contribution in [0.15, 0.2) is 48.5 Å². The summed E-state index contributed by atoms with van der Waals surface area (Å²) in [6, 6.07) is 13.1. The molecule has 0 bridgehead atoms. The molecule has 0 aliphatic carbocycles. The number of hydrogen-bond donors (Lipinski definition) is 0. The van der Waals surface area contributed by atoms with Gasteiger partial charge >= 0.3 is 5.97 Å². The number of esters is 1. The van der Waals surface area contributed by atoms with Crippen LogP contribution in [0.25, 0.3) is 0 Å². The summed E-state index contributed by atoms with van der Waals surface area (Å²) >= 11 is 11.6. The molecule has 0 radical (unpaired) electrons. The van der Waals surface area contributed by atoms with Crippen LogP contribution in [0.3, 0.4) is 0 Å². The quantitative estimate of drug-likeness (QED) is 0.178. The summed E-state index contributed by atoms with van der Waals surface area (Å²) in [5.41, 5.74) is 2.34. The van der Waals surface area contributed by atoms with Crippen LogP contribution >= 0.6 is 23.2 Å². The maximum absolute atomic E-state index is 13.0. The highest BCUT2D eigenvalue weighted by atomic mass is 35.5. The molecule has 2 aromatic rings. The second-order valence-corrected chi connectivity index (χ2v) is 8.40. The van der Waals surface area contributed by atoms with Gasteiger partial charge in [0.1, 0.15) is 6.04 Å². The van der Waals surface area contributed by atoms with Crippen molar-refractivity contribution in [3.8, 4) is 0 Å². The van der Waals surface area contributed by atoms with Crippen molar-refractivity contribution in [2.75, 3.05) is 49.6 Å². The summed E-state index contributed by atoms with van der Waals surface area (Å²) in [7, 11) is 0. The highest BCUT2D eigenvalue weighted by Crippen LogP contribution is 2.27. The van der Waals surface area contributed by atoms with Crippen LogP contribution in [0.5, 0.6) is 0 Å². The lowest BCUT2D eigenvalue weighted by atomic mass is 10.0. The van der Waals surface area contributed by atoms with Crippen molar-refractivity contribution in [3.63, 3.8) is 0 Å². The minimum atomic E-state index is -1.05. The lowest BCUT2D eigenvalue weighted by molar-refractivity contribution is -0.147. The van der Waals surface area contributed by atoms with Crippen LogP contribution in [0.4, 0.5) is 5.69 Å². The van der Waals surface area contributed by atoms with Crippen LogP contribution in [-0.2, 0) is 20.7 Å². The van der Waals surface area contributed by atoms with E-state index in [1.54, 1.807) is 31.2 Å². The number of nitrogens with zero attached hydrogens (tertiary/aromatic N) is 2. The number of alkyl halides is 2. The SMILES string of the molecule is CCOC(=O)[C@H](Cc1ccc(N(CCCl)CCOCCCl)cc1)N1C(=O)c2ccccc2C1=O. The van der Waals surface area contributed by atoms with E-state index in [1.165, 1.54) is 0 Å². The van der Waals surface area contributed by atoms with E-state index in [2.05, 4.69) is 4.90 Å². The zero-order valence-corrected chi connectivity index (χ0v) is 20.6. The average Bonchev–Trinajstić information content (AvgIpc) is 3.10. The van der Waals surface area contributed by atoms with Gasteiger partial charge in [-0.25, -0.2) is 4.79 Å². The fourth-order valence-corrected chi connectivity index (χ4v) is 4.19. The van der Waals surface area contributed by atoms with Gasteiger partial charge in [0.15, 0.2) is 0 Å². The zero-order valence-electron chi connectivity index (χ0n) is 19.0. The Hall–Kier alpha value is -2.61. The Bertz CT molecular complexity index is 964. The van der Waals surface area contributed by atoms with Gasteiger partial charge in [-0.05, 0) is 36.8 Å². The first kappa shape index (κ1) is 26.0. The first-order valence-corrected chi connectivity index (χ1v) is 12.3. The standard InChI is InChI=1S/C25H28Cl2N2O5/c1-2-34-25(32)22(29-23(30)20-5-3-4-6-21(20)24(29)31)17-18-7-9-19(10-8-18)28(13-11-26)14-16-33-15-12-27/h3-10,22H,2,11-17H2,1H3/t22-/m0/s1. The third kappa shape index (κ3) is 6.09. The van der Waals surface area contributed by atoms with E-state index in [0.717, 1.165) is 16.2 Å². The molecule has 0 fully saturated rings. The van der Waals surface area contributed by atoms with Crippen LogP contribution in [0.2, 0.25) is 0 Å². The van der Waals surface area contributed by atoms with Crippen LogP contribution < -0.4 is 4.90 Å². The maximum atomic E-state index is 13.0. The fraction of sp³-hybridized carbons (Fsp3) is 0.400. The van der Waals surface area contributed by atoms with Crippen molar-refractivity contribution in [2.45, 2.75) is 19.4 Å². The maximum Gasteiger partial charge on any atom is 0.329 e. The molecular weight excluding hydrogens is 479 g/mol. The van der Waals surface area contributed by atoms with Crippen LogP contribution in [0, 0.1) is 0 Å². The van der Waals surface area contributed by atoms with Gasteiger partial charge in [0, 0.05) is 37.0 Å². The van der Waals surface area contributed by atoms with Gasteiger partial charge < -0.3 is 14.4 Å². The Labute approximate surface area is 209 Å². The summed E-state index contributed by atoms with van der Waals surface area (Å²) in [6.07, 6.45) is 0.152. The van der Waals surface area contributed by atoms with E-state index in [4.69, 9.17) is 32.7 Å². The predicted molar refractivity (Wildman–Crippen MR) is 132 cm³/mol. The highest BCUT2D eigenvalue weighted by Gasteiger charge is 2.43. The minimum absolute atomic E-state index is 0.149. The molecule has 0 N–H and O–H groups in total. The second kappa shape index (κ2) is 12.7. The van der Waals surface area contributed by atoms with Gasteiger partial charge in [0.25, 0.3) is 11.8 Å². The smallest absolute Gasteiger partial charge is 0.329 e. The highest BCUT2D eigenvalue weighted by molar-refractivity contribution is 6.22. The van der Waals surface area contributed by atoms with E-state index >= 15 is 0 Å². The minimum Gasteiger partial charge on any atom is -0.464 e. The summed E-state index contributed by atoms with van der Waals surface area (Å²) in [5, 5.41) is 0. The van der Waals surface area contributed by atoms with E-state index < -0.39 is 23.8 Å². The molecule has 7 nitrogen and oxygen atoms in total. The lowest BCUT2D eigenvalue weighted by Crippen LogP contribution is -2.47. The van der Waals surface area contributed by atoms with Crippen LogP contribution in [-0.4, -0.2) is 73.4 Å². The number of carbonyl (C=O) groups excluding carboxylic acids is 3. The number of benzene rings is 2. The zero-order chi connectivity index (χ0) is 24.5. The number of imide groups is 1. The molecule has 2 amide bonds. The second-order valence-electron chi connectivity index (χ2n) is 7.64. The number of amides is 2. The first-order chi connectivity index (χ1) is 16.5. The number of halogens is 2. The van der Waals surface area contributed by atoms with Gasteiger partial charge in [-0.1, -0.05) is 24.3 Å². The number of hydrogen-bond acceptors (Lipinski definition) is 6. The number of anilines is 1. The molecule has 182 valence electrons.